The van der Waals surface area contributed by atoms with E-state index in [-0.39, 0.29) is 13.2 Å². The van der Waals surface area contributed by atoms with Gasteiger partial charge in [-0.2, -0.15) is 0 Å². The second-order valence-corrected chi connectivity index (χ2v) is 5.49. The lowest BCUT2D eigenvalue weighted by atomic mass is 9.86. The van der Waals surface area contributed by atoms with Gasteiger partial charge in [-0.05, 0) is 6.07 Å². The number of nitrogens with one attached hydrogen (secondary N) is 1. The predicted molar refractivity (Wildman–Crippen MR) is 71.2 cm³/mol. The number of rotatable bonds is 4. The van der Waals surface area contributed by atoms with Gasteiger partial charge in [-0.15, -0.1) is 11.3 Å². The third-order valence-electron chi connectivity index (χ3n) is 3.31. The molecule has 0 amide bonds. The maximum Gasteiger partial charge on any atom is 0.316 e. The van der Waals surface area contributed by atoms with Gasteiger partial charge in [0, 0.05) is 22.0 Å². The van der Waals surface area contributed by atoms with E-state index in [0.29, 0.717) is 6.54 Å². The molecular weight excluding hydrogens is 250 g/mol. The first-order valence-corrected chi connectivity index (χ1v) is 6.60. The van der Waals surface area contributed by atoms with Gasteiger partial charge in [0.15, 0.2) is 0 Å². The fourth-order valence-electron chi connectivity index (χ4n) is 2.03. The Labute approximate surface area is 108 Å². The Balaban J connectivity index is 1.79. The monoisotopic (exact) mass is 263 g/mol. The lowest BCUT2D eigenvalue weighted by Gasteiger charge is -2.37. The maximum atomic E-state index is 11.2. The minimum Gasteiger partial charge on any atom is -0.481 e. The third kappa shape index (κ3) is 1.76. The fraction of sp³-hybridized carbons (Fsp3) is 0.308. The number of aliphatic carboxylic acids is 1. The van der Waals surface area contributed by atoms with Gasteiger partial charge >= 0.3 is 5.97 Å². The van der Waals surface area contributed by atoms with E-state index in [9.17, 15) is 9.90 Å². The number of anilines is 1. The maximum absolute atomic E-state index is 11.2. The van der Waals surface area contributed by atoms with Gasteiger partial charge in [-0.3, -0.25) is 4.79 Å². The number of fused-ring (bicyclic) bond motifs is 1. The molecule has 0 atom stereocenters. The topological polar surface area (TPSA) is 58.6 Å². The number of benzene rings is 1. The van der Waals surface area contributed by atoms with Gasteiger partial charge in [-0.1, -0.05) is 18.2 Å². The van der Waals surface area contributed by atoms with Crippen LogP contribution in [-0.2, 0) is 9.53 Å². The van der Waals surface area contributed by atoms with Gasteiger partial charge < -0.3 is 15.2 Å². The molecule has 2 aromatic rings. The molecule has 0 spiro atoms. The zero-order valence-electron chi connectivity index (χ0n) is 9.68. The van der Waals surface area contributed by atoms with Crippen LogP contribution in [-0.4, -0.2) is 30.8 Å². The molecule has 1 aliphatic heterocycles. The summed E-state index contributed by atoms with van der Waals surface area (Å²) in [5.74, 6) is -0.791. The average molecular weight is 263 g/mol. The summed E-state index contributed by atoms with van der Waals surface area (Å²) in [7, 11) is 0. The second kappa shape index (κ2) is 4.26. The number of thiophene rings is 1. The van der Waals surface area contributed by atoms with Crippen LogP contribution in [0.25, 0.3) is 10.1 Å². The standard InChI is InChI=1S/C13H13NO3S/c15-12(16)13(7-17-8-13)6-14-10-5-18-11-4-2-1-3-9(10)11/h1-5,14H,6-8H2,(H,15,16). The van der Waals surface area contributed by atoms with Crippen LogP contribution in [0, 0.1) is 5.41 Å². The zero-order chi connectivity index (χ0) is 12.6. The molecule has 2 heterocycles. The highest BCUT2D eigenvalue weighted by Gasteiger charge is 2.46. The SMILES string of the molecule is O=C(O)C1(CNc2csc3ccccc23)COC1. The molecule has 0 saturated carbocycles. The number of ether oxygens (including phenoxy) is 1. The van der Waals surface area contributed by atoms with E-state index >= 15 is 0 Å². The molecule has 3 rings (SSSR count). The lowest BCUT2D eigenvalue weighted by molar-refractivity contribution is -0.176. The molecule has 0 radical (unpaired) electrons. The Morgan fingerprint density at radius 1 is 1.44 bits per heavy atom. The van der Waals surface area contributed by atoms with Crippen molar-refractivity contribution >= 4 is 33.1 Å². The number of hydrogen-bond acceptors (Lipinski definition) is 4. The Hall–Kier alpha value is -1.59. The highest BCUT2D eigenvalue weighted by atomic mass is 32.1. The van der Waals surface area contributed by atoms with Gasteiger partial charge in [0.25, 0.3) is 0 Å². The molecule has 1 aromatic carbocycles. The van der Waals surface area contributed by atoms with E-state index in [1.807, 2.05) is 23.6 Å². The van der Waals surface area contributed by atoms with Crippen LogP contribution in [0.15, 0.2) is 29.6 Å². The van der Waals surface area contributed by atoms with Crippen molar-refractivity contribution in [2.75, 3.05) is 25.1 Å². The van der Waals surface area contributed by atoms with Crippen LogP contribution in [0.5, 0.6) is 0 Å². The number of hydrogen-bond donors (Lipinski definition) is 2. The smallest absolute Gasteiger partial charge is 0.316 e. The van der Waals surface area contributed by atoms with Crippen molar-refractivity contribution < 1.29 is 14.6 Å². The van der Waals surface area contributed by atoms with Crippen LogP contribution in [0.3, 0.4) is 0 Å². The van der Waals surface area contributed by atoms with Gasteiger partial charge in [0.05, 0.1) is 18.9 Å². The van der Waals surface area contributed by atoms with Gasteiger partial charge in [0.1, 0.15) is 5.41 Å². The quantitative estimate of drug-likeness (QED) is 0.889. The van der Waals surface area contributed by atoms with E-state index < -0.39 is 11.4 Å². The molecule has 4 nitrogen and oxygen atoms in total. The van der Waals surface area contributed by atoms with Crippen LogP contribution in [0.2, 0.25) is 0 Å². The first-order chi connectivity index (χ1) is 8.71. The van der Waals surface area contributed by atoms with Gasteiger partial charge in [0.2, 0.25) is 0 Å². The van der Waals surface area contributed by atoms with E-state index in [1.54, 1.807) is 11.3 Å². The molecule has 1 aliphatic rings. The van der Waals surface area contributed by atoms with E-state index in [1.165, 1.54) is 4.70 Å². The van der Waals surface area contributed by atoms with Crippen molar-refractivity contribution in [1.29, 1.82) is 0 Å². The third-order valence-corrected chi connectivity index (χ3v) is 4.27. The summed E-state index contributed by atoms with van der Waals surface area (Å²) in [6.07, 6.45) is 0. The Kier molecular flexibility index (Phi) is 2.72. The van der Waals surface area contributed by atoms with Crippen LogP contribution in [0.1, 0.15) is 0 Å². The Morgan fingerprint density at radius 3 is 2.89 bits per heavy atom. The minimum atomic E-state index is -0.791. The van der Waals surface area contributed by atoms with Crippen LogP contribution in [0.4, 0.5) is 5.69 Å². The van der Waals surface area contributed by atoms with Crippen LogP contribution < -0.4 is 5.32 Å². The molecule has 5 heteroatoms. The fourth-order valence-corrected chi connectivity index (χ4v) is 2.95. The highest BCUT2D eigenvalue weighted by molar-refractivity contribution is 7.17. The summed E-state index contributed by atoms with van der Waals surface area (Å²) < 4.78 is 6.24. The molecule has 0 aliphatic carbocycles. The molecule has 1 aromatic heterocycles. The number of carboxylic acid groups (broad SMARTS) is 1. The summed E-state index contributed by atoms with van der Waals surface area (Å²) >= 11 is 1.66. The van der Waals surface area contributed by atoms with E-state index in [4.69, 9.17) is 4.74 Å². The summed E-state index contributed by atoms with van der Waals surface area (Å²) in [5.41, 5.74) is 0.242. The summed E-state index contributed by atoms with van der Waals surface area (Å²) in [6, 6.07) is 8.09. The van der Waals surface area contributed by atoms with Crippen molar-refractivity contribution in [3.63, 3.8) is 0 Å². The number of carboxylic acids is 1. The first kappa shape index (κ1) is 11.5. The molecule has 0 unspecified atom stereocenters. The first-order valence-electron chi connectivity index (χ1n) is 5.73. The molecular formula is C13H13NO3S. The normalized spacial score (nSPS) is 17.3. The minimum absolute atomic E-state index is 0.289. The molecule has 18 heavy (non-hydrogen) atoms. The predicted octanol–water partition coefficient (Wildman–Crippen LogP) is 2.41. The molecule has 1 saturated heterocycles. The summed E-state index contributed by atoms with van der Waals surface area (Å²) in [5, 5.41) is 15.6. The van der Waals surface area contributed by atoms with Crippen LogP contribution >= 0.6 is 11.3 Å². The Bertz CT molecular complexity index is 589. The van der Waals surface area contributed by atoms with Crippen molar-refractivity contribution in [2.24, 2.45) is 5.41 Å². The lowest BCUT2D eigenvalue weighted by Crippen LogP contribution is -2.53. The summed E-state index contributed by atoms with van der Waals surface area (Å²) in [6.45, 7) is 0.984. The van der Waals surface area contributed by atoms with Crippen molar-refractivity contribution in [1.82, 2.24) is 0 Å². The van der Waals surface area contributed by atoms with Crippen molar-refractivity contribution in [2.45, 2.75) is 0 Å². The molecule has 0 bridgehead atoms. The van der Waals surface area contributed by atoms with Crippen molar-refractivity contribution in [3.8, 4) is 0 Å². The van der Waals surface area contributed by atoms with Crippen molar-refractivity contribution in [3.05, 3.63) is 29.6 Å². The molecule has 94 valence electrons. The molecule has 1 fully saturated rings. The average Bonchev–Trinajstić information content (AvgIpc) is 2.71. The highest BCUT2D eigenvalue weighted by Crippen LogP contribution is 2.33. The Morgan fingerprint density at radius 2 is 2.22 bits per heavy atom. The van der Waals surface area contributed by atoms with E-state index in [0.717, 1.165) is 11.1 Å². The second-order valence-electron chi connectivity index (χ2n) is 4.58. The largest absolute Gasteiger partial charge is 0.481 e. The molecule has 2 N–H and O–H groups in total. The van der Waals surface area contributed by atoms with E-state index in [2.05, 4.69) is 11.4 Å². The summed E-state index contributed by atoms with van der Waals surface area (Å²) in [4.78, 5) is 11.2. The van der Waals surface area contributed by atoms with Gasteiger partial charge in [-0.25, -0.2) is 0 Å². The zero-order valence-corrected chi connectivity index (χ0v) is 10.5. The number of carbonyl (C=O) groups is 1.